The molecule has 48 heavy (non-hydrogen) atoms. The number of carbonyl (C=O) groups is 2. The maximum Gasteiger partial charge on any atom is 0.469 e. The van der Waals surface area contributed by atoms with Crippen LogP contribution in [0.1, 0.15) is 181 Å². The van der Waals surface area contributed by atoms with Gasteiger partial charge in [0.05, 0.1) is 18.8 Å². The summed E-state index contributed by atoms with van der Waals surface area (Å²) in [5, 5.41) is 0. The van der Waals surface area contributed by atoms with E-state index in [1.54, 1.807) is 0 Å². The van der Waals surface area contributed by atoms with Gasteiger partial charge in [-0.2, -0.15) is 0 Å². The number of allylic oxidation sites excluding steroid dienone is 1. The van der Waals surface area contributed by atoms with Crippen molar-refractivity contribution in [3.63, 3.8) is 0 Å². The van der Waals surface area contributed by atoms with E-state index in [9.17, 15) is 14.2 Å². The highest BCUT2D eigenvalue weighted by Gasteiger charge is 2.36. The maximum absolute atomic E-state index is 12.4. The van der Waals surface area contributed by atoms with Crippen LogP contribution in [0.25, 0.3) is 0 Å². The smallest absolute Gasteiger partial charge is 0.462 e. The molecule has 0 aliphatic carbocycles. The molecule has 1 fully saturated rings. The van der Waals surface area contributed by atoms with Crippen LogP contribution in [0.3, 0.4) is 0 Å². The summed E-state index contributed by atoms with van der Waals surface area (Å²) in [6, 6.07) is 0. The zero-order chi connectivity index (χ0) is 35.3. The fourth-order valence-corrected chi connectivity index (χ4v) is 6.19. The predicted molar refractivity (Wildman–Crippen MR) is 193 cm³/mol. The number of rotatable bonds is 34. The Morgan fingerprint density at radius 2 is 1.31 bits per heavy atom. The van der Waals surface area contributed by atoms with Crippen LogP contribution in [0, 0.1) is 5.92 Å². The van der Waals surface area contributed by atoms with Crippen LogP contribution in [0.5, 0.6) is 0 Å². The van der Waals surface area contributed by atoms with Crippen molar-refractivity contribution in [3.05, 3.63) is 12.2 Å². The zero-order valence-corrected chi connectivity index (χ0v) is 31.6. The number of unbranched alkanes of at least 4 members (excludes halogenated alkanes) is 16. The standard InChI is InChI=1S/C38H71O9P/c1-4-6-7-8-17-22-27-35-36(47-35)28-23-18-15-20-25-30-38(40)46-34(32-45-48(41,42)43)31-44-37(39)29-24-19-14-12-10-9-11-13-16-21-26-33(3)5-2/h17,22,33-36H,4-16,18-21,23-32H2,1-3H3,(H2,41,42,43)/b22-17-/t33?,34-,35?,36?/m1/s1. The minimum Gasteiger partial charge on any atom is -0.462 e. The Bertz CT molecular complexity index is 874. The first kappa shape index (κ1) is 44.8. The van der Waals surface area contributed by atoms with Gasteiger partial charge in [0, 0.05) is 12.8 Å². The van der Waals surface area contributed by atoms with Crippen molar-refractivity contribution in [2.45, 2.75) is 200 Å². The molecule has 1 heterocycles. The molecule has 282 valence electrons. The number of epoxide rings is 1. The van der Waals surface area contributed by atoms with E-state index in [4.69, 9.17) is 24.0 Å². The molecule has 0 aromatic rings. The van der Waals surface area contributed by atoms with E-state index < -0.39 is 32.5 Å². The molecular weight excluding hydrogens is 631 g/mol. The van der Waals surface area contributed by atoms with E-state index in [0.29, 0.717) is 18.6 Å². The van der Waals surface area contributed by atoms with Crippen molar-refractivity contribution in [1.29, 1.82) is 0 Å². The van der Waals surface area contributed by atoms with Crippen LogP contribution in [-0.2, 0) is 32.9 Å². The van der Waals surface area contributed by atoms with Gasteiger partial charge < -0.3 is 24.0 Å². The highest BCUT2D eigenvalue weighted by Crippen LogP contribution is 2.36. The lowest BCUT2D eigenvalue weighted by atomic mass is 9.99. The highest BCUT2D eigenvalue weighted by atomic mass is 31.2. The normalized spacial score (nSPS) is 17.4. The average molecular weight is 703 g/mol. The van der Waals surface area contributed by atoms with E-state index in [-0.39, 0.29) is 19.4 Å². The van der Waals surface area contributed by atoms with Gasteiger partial charge in [-0.1, -0.05) is 142 Å². The van der Waals surface area contributed by atoms with Gasteiger partial charge in [0.25, 0.3) is 0 Å². The quantitative estimate of drug-likeness (QED) is 0.0221. The summed E-state index contributed by atoms with van der Waals surface area (Å²) in [5.74, 6) is -0.0531. The minimum absolute atomic E-state index is 0.191. The summed E-state index contributed by atoms with van der Waals surface area (Å²) >= 11 is 0. The largest absolute Gasteiger partial charge is 0.469 e. The topological polar surface area (TPSA) is 132 Å². The average Bonchev–Trinajstić information content (AvgIpc) is 3.81. The monoisotopic (exact) mass is 702 g/mol. The van der Waals surface area contributed by atoms with Crippen molar-refractivity contribution in [3.8, 4) is 0 Å². The Morgan fingerprint density at radius 1 is 0.729 bits per heavy atom. The van der Waals surface area contributed by atoms with Gasteiger partial charge in [-0.25, -0.2) is 4.57 Å². The Labute approximate surface area is 292 Å². The number of carbonyl (C=O) groups excluding carboxylic acids is 2. The lowest BCUT2D eigenvalue weighted by Crippen LogP contribution is -2.29. The van der Waals surface area contributed by atoms with E-state index in [2.05, 4.69) is 37.4 Å². The van der Waals surface area contributed by atoms with Gasteiger partial charge in [-0.15, -0.1) is 0 Å². The molecule has 1 aliphatic rings. The summed E-state index contributed by atoms with van der Waals surface area (Å²) in [6.45, 7) is 5.98. The Kier molecular flexibility index (Phi) is 27.5. The fourth-order valence-electron chi connectivity index (χ4n) is 5.83. The molecule has 9 nitrogen and oxygen atoms in total. The third kappa shape index (κ3) is 28.6. The molecule has 3 unspecified atom stereocenters. The molecule has 0 aromatic heterocycles. The minimum atomic E-state index is -4.76. The molecule has 2 N–H and O–H groups in total. The molecule has 1 aliphatic heterocycles. The first-order valence-electron chi connectivity index (χ1n) is 19.5. The van der Waals surface area contributed by atoms with Crippen LogP contribution >= 0.6 is 7.82 Å². The number of phosphoric acid groups is 1. The Morgan fingerprint density at radius 3 is 1.92 bits per heavy atom. The maximum atomic E-state index is 12.4. The van der Waals surface area contributed by atoms with Crippen molar-refractivity contribution < 1.29 is 42.7 Å². The van der Waals surface area contributed by atoms with Gasteiger partial charge in [0.15, 0.2) is 6.10 Å². The van der Waals surface area contributed by atoms with E-state index >= 15 is 0 Å². The van der Waals surface area contributed by atoms with Crippen molar-refractivity contribution in [2.24, 2.45) is 5.92 Å². The van der Waals surface area contributed by atoms with Crippen LogP contribution in [0.2, 0.25) is 0 Å². The second-order valence-electron chi connectivity index (χ2n) is 13.9. The van der Waals surface area contributed by atoms with Crippen LogP contribution in [0.4, 0.5) is 0 Å². The predicted octanol–water partition coefficient (Wildman–Crippen LogP) is 10.3. The molecule has 0 aromatic carbocycles. The fraction of sp³-hybridized carbons (Fsp3) is 0.895. The van der Waals surface area contributed by atoms with Gasteiger partial charge >= 0.3 is 19.8 Å². The lowest BCUT2D eigenvalue weighted by Gasteiger charge is -2.18. The summed E-state index contributed by atoms with van der Waals surface area (Å²) in [6.07, 6.45) is 30.9. The van der Waals surface area contributed by atoms with Crippen LogP contribution < -0.4 is 0 Å². The Hall–Kier alpha value is -1.25. The molecule has 0 bridgehead atoms. The van der Waals surface area contributed by atoms with Crippen molar-refractivity contribution >= 4 is 19.8 Å². The molecular formula is C38H71O9P. The molecule has 0 saturated carbocycles. The molecule has 0 amide bonds. The first-order valence-corrected chi connectivity index (χ1v) is 21.0. The lowest BCUT2D eigenvalue weighted by molar-refractivity contribution is -0.161. The molecule has 4 atom stereocenters. The van der Waals surface area contributed by atoms with Gasteiger partial charge in [-0.3, -0.25) is 14.1 Å². The van der Waals surface area contributed by atoms with Gasteiger partial charge in [0.2, 0.25) is 0 Å². The first-order chi connectivity index (χ1) is 23.1. The summed E-state index contributed by atoms with van der Waals surface area (Å²) in [5.41, 5.74) is 0. The summed E-state index contributed by atoms with van der Waals surface area (Å²) in [4.78, 5) is 42.8. The second kappa shape index (κ2) is 29.5. The van der Waals surface area contributed by atoms with Gasteiger partial charge in [0.1, 0.15) is 6.61 Å². The third-order valence-corrected chi connectivity index (χ3v) is 9.73. The van der Waals surface area contributed by atoms with E-state index in [1.165, 1.54) is 77.0 Å². The highest BCUT2D eigenvalue weighted by molar-refractivity contribution is 7.46. The SMILES string of the molecule is CCCCC/C=C\CC1OC1CCCCCCCC(=O)O[C@H](COC(=O)CCCCCCCCCCCCC(C)CC)COP(=O)(O)O. The number of esters is 2. The second-order valence-corrected chi connectivity index (χ2v) is 15.1. The summed E-state index contributed by atoms with van der Waals surface area (Å²) in [7, 11) is -4.76. The van der Waals surface area contributed by atoms with Gasteiger partial charge in [-0.05, 0) is 44.4 Å². The number of hydrogen-bond donors (Lipinski definition) is 2. The number of phosphoric ester groups is 1. The Balaban J connectivity index is 2.09. The molecule has 1 saturated heterocycles. The van der Waals surface area contributed by atoms with Crippen LogP contribution in [-0.4, -0.2) is 53.3 Å². The number of ether oxygens (including phenoxy) is 3. The van der Waals surface area contributed by atoms with Crippen molar-refractivity contribution in [1.82, 2.24) is 0 Å². The zero-order valence-electron chi connectivity index (χ0n) is 30.8. The van der Waals surface area contributed by atoms with Crippen molar-refractivity contribution in [2.75, 3.05) is 13.2 Å². The third-order valence-electron chi connectivity index (χ3n) is 9.25. The van der Waals surface area contributed by atoms with Crippen LogP contribution in [0.15, 0.2) is 12.2 Å². The molecule has 0 radical (unpaired) electrons. The van der Waals surface area contributed by atoms with E-state index in [1.807, 2.05) is 0 Å². The number of hydrogen-bond acceptors (Lipinski definition) is 7. The molecule has 1 rings (SSSR count). The summed E-state index contributed by atoms with van der Waals surface area (Å²) < 4.78 is 32.1. The van der Waals surface area contributed by atoms with E-state index in [0.717, 1.165) is 70.1 Å². The molecule has 10 heteroatoms. The molecule has 0 spiro atoms.